The monoisotopic (exact) mass is 459 g/mol. The van der Waals surface area contributed by atoms with E-state index in [0.29, 0.717) is 5.75 Å². The van der Waals surface area contributed by atoms with Gasteiger partial charge < -0.3 is 10.4 Å². The molecule has 0 aliphatic rings. The zero-order valence-electron chi connectivity index (χ0n) is 24.9. The van der Waals surface area contributed by atoms with Gasteiger partial charge >= 0.3 is 0 Å². The van der Waals surface area contributed by atoms with Gasteiger partial charge in [-0.15, -0.1) is 0 Å². The molecule has 0 atom stereocenters. The Bertz CT molecular complexity index is 743. The van der Waals surface area contributed by atoms with E-state index in [1.807, 2.05) is 0 Å². The Morgan fingerprint density at radius 1 is 0.576 bits per heavy atom. The number of rotatable bonds is 8. The standard InChI is InChI=1S/C31H57NO/c1-26(2,3)19-29(10,11)23-16-22(18-32-31(14,15)21-28(7,8)9)17-24(25(23)33)30(12,13)20-27(4,5)6/h16-17,32-33H,18-21H2,1-15H3. The van der Waals surface area contributed by atoms with E-state index in [2.05, 4.69) is 121 Å². The van der Waals surface area contributed by atoms with Crippen LogP contribution in [0, 0.1) is 16.2 Å². The van der Waals surface area contributed by atoms with Crippen LogP contribution in [0.25, 0.3) is 0 Å². The summed E-state index contributed by atoms with van der Waals surface area (Å²) in [5.74, 6) is 0.496. The Kier molecular flexibility index (Phi) is 8.69. The van der Waals surface area contributed by atoms with Crippen molar-refractivity contribution in [2.75, 3.05) is 0 Å². The molecule has 0 spiro atoms. The number of hydrogen-bond donors (Lipinski definition) is 2. The molecule has 0 amide bonds. The minimum atomic E-state index is -0.119. The highest BCUT2D eigenvalue weighted by Gasteiger charge is 2.35. The van der Waals surface area contributed by atoms with Gasteiger partial charge in [-0.2, -0.15) is 0 Å². The molecule has 0 aliphatic carbocycles. The van der Waals surface area contributed by atoms with Crippen molar-refractivity contribution in [1.82, 2.24) is 5.32 Å². The molecule has 0 heterocycles. The van der Waals surface area contributed by atoms with Crippen molar-refractivity contribution in [3.05, 3.63) is 28.8 Å². The van der Waals surface area contributed by atoms with Crippen LogP contribution >= 0.6 is 0 Å². The largest absolute Gasteiger partial charge is 0.507 e. The normalized spacial score (nSPS) is 14.6. The van der Waals surface area contributed by atoms with Gasteiger partial charge in [-0.25, -0.2) is 0 Å². The van der Waals surface area contributed by atoms with Gasteiger partial charge in [0.05, 0.1) is 0 Å². The summed E-state index contributed by atoms with van der Waals surface area (Å²) < 4.78 is 0. The Balaban J connectivity index is 3.55. The lowest BCUT2D eigenvalue weighted by Gasteiger charge is -2.38. The van der Waals surface area contributed by atoms with Crippen LogP contribution in [0.1, 0.15) is 140 Å². The van der Waals surface area contributed by atoms with Gasteiger partial charge in [-0.05, 0) is 65.7 Å². The summed E-state index contributed by atoms with van der Waals surface area (Å²) in [4.78, 5) is 0. The third kappa shape index (κ3) is 10.0. The lowest BCUT2D eigenvalue weighted by molar-refractivity contribution is 0.240. The molecule has 0 aliphatic heterocycles. The van der Waals surface area contributed by atoms with Crippen LogP contribution in [-0.4, -0.2) is 10.6 Å². The summed E-state index contributed by atoms with van der Waals surface area (Å²) >= 11 is 0. The van der Waals surface area contributed by atoms with Gasteiger partial charge in [0, 0.05) is 23.2 Å². The van der Waals surface area contributed by atoms with E-state index < -0.39 is 0 Å². The average Bonchev–Trinajstić information content (AvgIpc) is 2.46. The molecule has 0 aromatic heterocycles. The van der Waals surface area contributed by atoms with Gasteiger partial charge in [0.25, 0.3) is 0 Å². The maximum Gasteiger partial charge on any atom is 0.123 e. The van der Waals surface area contributed by atoms with Gasteiger partial charge in [-0.1, -0.05) is 102 Å². The number of hydrogen-bond acceptors (Lipinski definition) is 2. The van der Waals surface area contributed by atoms with Crippen molar-refractivity contribution in [2.45, 2.75) is 146 Å². The highest BCUT2D eigenvalue weighted by atomic mass is 16.3. The molecule has 0 saturated carbocycles. The van der Waals surface area contributed by atoms with Crippen molar-refractivity contribution in [3.8, 4) is 5.75 Å². The van der Waals surface area contributed by atoms with Crippen molar-refractivity contribution in [2.24, 2.45) is 16.2 Å². The first-order valence-electron chi connectivity index (χ1n) is 13.0. The predicted molar refractivity (Wildman–Crippen MR) is 147 cm³/mol. The van der Waals surface area contributed by atoms with E-state index in [1.54, 1.807) is 0 Å². The Morgan fingerprint density at radius 2 is 0.909 bits per heavy atom. The van der Waals surface area contributed by atoms with Crippen LogP contribution in [0.2, 0.25) is 0 Å². The lowest BCUT2D eigenvalue weighted by atomic mass is 9.68. The van der Waals surface area contributed by atoms with Crippen LogP contribution in [0.3, 0.4) is 0 Å². The summed E-state index contributed by atoms with van der Waals surface area (Å²) in [6.45, 7) is 35.2. The van der Waals surface area contributed by atoms with Gasteiger partial charge in [0.2, 0.25) is 0 Å². The quantitative estimate of drug-likeness (QED) is 0.406. The molecule has 0 unspecified atom stereocenters. The number of aromatic hydroxyl groups is 1. The molecule has 2 heteroatoms. The summed E-state index contributed by atoms with van der Waals surface area (Å²) in [5, 5.41) is 15.5. The second-order valence-electron chi connectivity index (χ2n) is 16.3. The van der Waals surface area contributed by atoms with E-state index >= 15 is 0 Å². The first-order chi connectivity index (χ1) is 14.3. The van der Waals surface area contributed by atoms with E-state index in [-0.39, 0.29) is 32.6 Å². The summed E-state index contributed by atoms with van der Waals surface area (Å²) in [6, 6.07) is 4.52. The topological polar surface area (TPSA) is 32.3 Å². The van der Waals surface area contributed by atoms with Crippen molar-refractivity contribution < 1.29 is 5.11 Å². The molecule has 2 nitrogen and oxygen atoms in total. The molecule has 0 radical (unpaired) electrons. The van der Waals surface area contributed by atoms with Crippen molar-refractivity contribution >= 4 is 0 Å². The van der Waals surface area contributed by atoms with E-state index in [9.17, 15) is 5.11 Å². The zero-order valence-corrected chi connectivity index (χ0v) is 24.9. The highest BCUT2D eigenvalue weighted by Crippen LogP contribution is 2.47. The smallest absolute Gasteiger partial charge is 0.123 e. The molecular formula is C31H57NO. The molecule has 0 saturated heterocycles. The van der Waals surface area contributed by atoms with Gasteiger partial charge in [0.15, 0.2) is 0 Å². The van der Waals surface area contributed by atoms with E-state index in [1.165, 1.54) is 5.56 Å². The summed E-state index contributed by atoms with van der Waals surface area (Å²) in [7, 11) is 0. The summed E-state index contributed by atoms with van der Waals surface area (Å²) in [5.41, 5.74) is 3.87. The van der Waals surface area contributed by atoms with Crippen LogP contribution in [0.4, 0.5) is 0 Å². The fourth-order valence-corrected chi connectivity index (χ4v) is 6.40. The first kappa shape index (κ1) is 30.0. The Hall–Kier alpha value is -1.02. The second kappa shape index (κ2) is 9.56. The van der Waals surface area contributed by atoms with Crippen molar-refractivity contribution in [1.29, 1.82) is 0 Å². The van der Waals surface area contributed by atoms with Crippen LogP contribution < -0.4 is 5.32 Å². The third-order valence-electron chi connectivity index (χ3n) is 6.32. The number of phenols is 1. The molecule has 0 fully saturated rings. The fourth-order valence-electron chi connectivity index (χ4n) is 6.40. The molecule has 2 N–H and O–H groups in total. The Labute approximate surface area is 207 Å². The molecule has 1 aromatic carbocycles. The van der Waals surface area contributed by atoms with E-state index in [0.717, 1.165) is 36.9 Å². The number of nitrogens with one attached hydrogen (secondary N) is 1. The minimum Gasteiger partial charge on any atom is -0.507 e. The second-order valence-corrected chi connectivity index (χ2v) is 16.3. The highest BCUT2D eigenvalue weighted by molar-refractivity contribution is 5.50. The minimum absolute atomic E-state index is 0.0400. The molecule has 192 valence electrons. The maximum atomic E-state index is 11.6. The molecular weight excluding hydrogens is 402 g/mol. The van der Waals surface area contributed by atoms with Crippen molar-refractivity contribution in [3.63, 3.8) is 0 Å². The van der Waals surface area contributed by atoms with Gasteiger partial charge in [-0.3, -0.25) is 0 Å². The average molecular weight is 460 g/mol. The number of benzene rings is 1. The predicted octanol–water partition coefficient (Wildman–Crippen LogP) is 9.12. The molecule has 1 aromatic rings. The Morgan fingerprint density at radius 3 is 1.21 bits per heavy atom. The van der Waals surface area contributed by atoms with E-state index in [4.69, 9.17) is 0 Å². The van der Waals surface area contributed by atoms with Gasteiger partial charge in [0.1, 0.15) is 5.75 Å². The SMILES string of the molecule is CC(C)(C)CC(C)(C)NCc1cc(C(C)(C)CC(C)(C)C)c(O)c(C(C)(C)CC(C)(C)C)c1. The maximum absolute atomic E-state index is 11.6. The van der Waals surface area contributed by atoms with Crippen LogP contribution in [-0.2, 0) is 17.4 Å². The zero-order chi connectivity index (χ0) is 26.3. The molecule has 33 heavy (non-hydrogen) atoms. The molecule has 0 bridgehead atoms. The fraction of sp³-hybridized carbons (Fsp3) is 0.806. The third-order valence-corrected chi connectivity index (χ3v) is 6.32. The lowest BCUT2D eigenvalue weighted by Crippen LogP contribution is -2.42. The first-order valence-corrected chi connectivity index (χ1v) is 13.0. The molecule has 1 rings (SSSR count). The van der Waals surface area contributed by atoms with Crippen LogP contribution in [0.15, 0.2) is 12.1 Å². The summed E-state index contributed by atoms with van der Waals surface area (Å²) in [6.07, 6.45) is 3.13. The van der Waals surface area contributed by atoms with Crippen LogP contribution in [0.5, 0.6) is 5.75 Å². The number of phenolic OH excluding ortho intramolecular Hbond substituents is 1.